The summed E-state index contributed by atoms with van der Waals surface area (Å²) in [6.45, 7) is 2.29. The van der Waals surface area contributed by atoms with Crippen molar-refractivity contribution in [2.24, 2.45) is 5.73 Å². The molecule has 0 aromatic heterocycles. The van der Waals surface area contributed by atoms with Crippen molar-refractivity contribution < 1.29 is 19.8 Å². The van der Waals surface area contributed by atoms with Crippen LogP contribution in [0.25, 0.3) is 0 Å². The summed E-state index contributed by atoms with van der Waals surface area (Å²) in [7, 11) is 0. The molecule has 144 valence electrons. The molecule has 0 aromatic carbocycles. The maximum absolute atomic E-state index is 9.99. The molecule has 0 aliphatic heterocycles. The molecule has 0 saturated heterocycles. The largest absolute Gasteiger partial charge is 0.481 e. The molecule has 0 aliphatic carbocycles. The van der Waals surface area contributed by atoms with Crippen molar-refractivity contribution in [2.45, 2.75) is 107 Å². The quantitative estimate of drug-likeness (QED) is 0.275. The van der Waals surface area contributed by atoms with Gasteiger partial charge in [0.1, 0.15) is 6.04 Å². The van der Waals surface area contributed by atoms with E-state index in [0.29, 0.717) is 0 Å². The van der Waals surface area contributed by atoms with Gasteiger partial charge in [-0.25, -0.2) is 0 Å². The summed E-state index contributed by atoms with van der Waals surface area (Å²) >= 11 is 1.41. The van der Waals surface area contributed by atoms with E-state index in [0.717, 1.165) is 0 Å². The molecular weight excluding hydrogens is 329 g/mol. The number of carboxylic acids is 2. The zero-order valence-electron chi connectivity index (χ0n) is 16.5. The van der Waals surface area contributed by atoms with Crippen LogP contribution in [0.2, 0.25) is 3.67 Å². The first-order valence-corrected chi connectivity index (χ1v) is 11.6. The molecule has 5 nitrogen and oxygen atoms in total. The monoisotopic (exact) mass is 367 g/mol. The first-order valence-electron chi connectivity index (χ1n) is 10.2. The van der Waals surface area contributed by atoms with E-state index in [-0.39, 0.29) is 12.8 Å². The van der Waals surface area contributed by atoms with Gasteiger partial charge in [-0.15, -0.1) is 0 Å². The second-order valence-corrected chi connectivity index (χ2v) is 7.77. The minimum Gasteiger partial charge on any atom is -0.481 e. The Balaban J connectivity index is 0. The molecule has 0 fully saturated rings. The number of carbonyl (C=O) groups is 2. The Morgan fingerprint density at radius 1 is 0.840 bits per heavy atom. The van der Waals surface area contributed by atoms with E-state index in [9.17, 15) is 9.59 Å². The van der Waals surface area contributed by atoms with Crippen LogP contribution in [0, 0.1) is 0 Å². The Kier molecular flexibility index (Phi) is 23.8. The van der Waals surface area contributed by atoms with E-state index < -0.39 is 18.0 Å². The van der Waals surface area contributed by atoms with Crippen LogP contribution in [-0.4, -0.2) is 56.1 Å². The third-order valence-electron chi connectivity index (χ3n) is 4.19. The van der Waals surface area contributed by atoms with Gasteiger partial charge in [-0.1, -0.05) is 13.3 Å². The smallest absolute Gasteiger partial charge is 0.320 e. The van der Waals surface area contributed by atoms with Gasteiger partial charge in [-0.3, -0.25) is 9.59 Å². The molecule has 0 bridgehead atoms. The number of hydrogen-bond acceptors (Lipinski definition) is 3. The predicted octanol–water partition coefficient (Wildman–Crippen LogP) is 4.54. The van der Waals surface area contributed by atoms with Crippen molar-refractivity contribution in [2.75, 3.05) is 0 Å². The summed E-state index contributed by atoms with van der Waals surface area (Å²) in [6, 6.07) is -1.06. The van der Waals surface area contributed by atoms with Gasteiger partial charge in [-0.2, -0.15) is 0 Å². The van der Waals surface area contributed by atoms with Crippen LogP contribution in [-0.2, 0) is 9.59 Å². The first-order chi connectivity index (χ1) is 12.0. The maximum atomic E-state index is 9.99. The molecule has 6 heteroatoms. The van der Waals surface area contributed by atoms with Crippen LogP contribution in [0.1, 0.15) is 96.8 Å². The number of aliphatic carboxylic acids is 2. The van der Waals surface area contributed by atoms with Crippen molar-refractivity contribution in [3.8, 4) is 0 Å². The molecule has 1 atom stereocenters. The van der Waals surface area contributed by atoms with E-state index >= 15 is 0 Å². The summed E-state index contributed by atoms with van der Waals surface area (Å²) in [4.78, 5) is 19.9. The minimum atomic E-state index is -1.17. The molecule has 0 unspecified atom stereocenters. The van der Waals surface area contributed by atoms with Gasteiger partial charge in [0.2, 0.25) is 0 Å². The van der Waals surface area contributed by atoms with Gasteiger partial charge >= 0.3 is 114 Å². The third-order valence-corrected chi connectivity index (χ3v) is 4.90. The van der Waals surface area contributed by atoms with Gasteiger partial charge in [0.15, 0.2) is 0 Å². The van der Waals surface area contributed by atoms with Gasteiger partial charge < -0.3 is 15.9 Å². The molecule has 0 heterocycles. The SMILES string of the molecule is CCCCCCCCCCCCC[CH2][Na].N[C@@H](CCC(=O)O)C(=O)O. The normalized spacial score (nSPS) is 11.5. The van der Waals surface area contributed by atoms with Gasteiger partial charge in [0, 0.05) is 6.42 Å². The molecule has 0 amide bonds. The molecule has 0 aromatic rings. The molecule has 0 rings (SSSR count). The summed E-state index contributed by atoms with van der Waals surface area (Å²) in [5.74, 6) is -2.20. The number of unbranched alkanes of at least 4 members (excludes halogenated alkanes) is 11. The van der Waals surface area contributed by atoms with Crippen molar-refractivity contribution in [3.63, 3.8) is 0 Å². The second-order valence-electron chi connectivity index (χ2n) is 6.77. The zero-order valence-corrected chi connectivity index (χ0v) is 18.5. The Hall–Kier alpha value is -0.100. The zero-order chi connectivity index (χ0) is 19.3. The fourth-order valence-corrected chi connectivity index (χ4v) is 2.99. The second kappa shape index (κ2) is 21.9. The summed E-state index contributed by atoms with van der Waals surface area (Å²) in [6.07, 6.45) is 17.5. The topological polar surface area (TPSA) is 101 Å². The summed E-state index contributed by atoms with van der Waals surface area (Å²) < 4.78 is 1.51. The van der Waals surface area contributed by atoms with Crippen LogP contribution < -0.4 is 5.73 Å². The molecule has 0 radical (unpaired) electrons. The van der Waals surface area contributed by atoms with Crippen LogP contribution in [0.4, 0.5) is 0 Å². The molecule has 25 heavy (non-hydrogen) atoms. The van der Waals surface area contributed by atoms with E-state index in [4.69, 9.17) is 15.9 Å². The van der Waals surface area contributed by atoms with Crippen molar-refractivity contribution in [3.05, 3.63) is 0 Å². The van der Waals surface area contributed by atoms with Crippen LogP contribution in [0.5, 0.6) is 0 Å². The van der Waals surface area contributed by atoms with Gasteiger partial charge in [0.05, 0.1) is 0 Å². The van der Waals surface area contributed by atoms with E-state index in [1.54, 1.807) is 0 Å². The van der Waals surface area contributed by atoms with Gasteiger partial charge in [0.25, 0.3) is 0 Å². The van der Waals surface area contributed by atoms with E-state index in [1.807, 2.05) is 0 Å². The predicted molar refractivity (Wildman–Crippen MR) is 104 cm³/mol. The van der Waals surface area contributed by atoms with Crippen molar-refractivity contribution >= 4 is 39.9 Å². The molecule has 4 N–H and O–H groups in total. The van der Waals surface area contributed by atoms with Crippen molar-refractivity contribution in [1.82, 2.24) is 0 Å². The number of hydrogen-bond donors (Lipinski definition) is 3. The third kappa shape index (κ3) is 26.2. The standard InChI is InChI=1S/C14H29.C5H9NO4.Na/c1-3-5-7-9-11-13-14-12-10-8-6-4-2;6-3(5(9)10)1-2-4(7)8;/h1,3-14H2,2H3;3H,1-2,6H2,(H,7,8)(H,9,10);/t;3-;/m.0./s1. The molecule has 0 spiro atoms. The number of carboxylic acid groups (broad SMARTS) is 2. The molecule has 0 saturated carbocycles. The fraction of sp³-hybridized carbons (Fsp3) is 0.895. The molecular formula is C19H38NNaO4. The maximum Gasteiger partial charge on any atom is 0.320 e. The van der Waals surface area contributed by atoms with Gasteiger partial charge in [-0.05, 0) is 6.42 Å². The van der Waals surface area contributed by atoms with Crippen LogP contribution >= 0.6 is 0 Å². The Labute approximate surface area is 171 Å². The average molecular weight is 368 g/mol. The van der Waals surface area contributed by atoms with Crippen LogP contribution in [0.3, 0.4) is 0 Å². The average Bonchev–Trinajstić information content (AvgIpc) is 2.58. The molecule has 0 aliphatic rings. The fourth-order valence-electron chi connectivity index (χ4n) is 2.49. The van der Waals surface area contributed by atoms with Crippen LogP contribution in [0.15, 0.2) is 0 Å². The Morgan fingerprint density at radius 2 is 1.24 bits per heavy atom. The number of nitrogens with two attached hydrogens (primary N) is 1. The van der Waals surface area contributed by atoms with Crippen molar-refractivity contribution in [1.29, 1.82) is 0 Å². The number of rotatable bonds is 16. The summed E-state index contributed by atoms with van der Waals surface area (Å²) in [5.41, 5.74) is 5.00. The summed E-state index contributed by atoms with van der Waals surface area (Å²) in [5, 5.41) is 16.3. The Bertz CT molecular complexity index is 302. The van der Waals surface area contributed by atoms with E-state index in [2.05, 4.69) is 6.92 Å². The van der Waals surface area contributed by atoms with E-state index in [1.165, 1.54) is 109 Å². The Morgan fingerprint density at radius 3 is 1.56 bits per heavy atom. The minimum absolute atomic E-state index is 0.0231. The first kappa shape index (κ1) is 27.1.